The minimum absolute atomic E-state index is 0.0728. The summed E-state index contributed by atoms with van der Waals surface area (Å²) < 4.78 is 20.9. The molecular formula is C11H23N4O7P. The average Bonchev–Trinajstić information content (AvgIpc) is 2.22. The maximum absolute atomic E-state index is 11.7. The monoisotopic (exact) mass is 354 g/mol. The van der Waals surface area contributed by atoms with Crippen LogP contribution >= 0.6 is 7.82 Å². The molecule has 0 aromatic heterocycles. The number of rotatable bonds is 9. The molecule has 0 aliphatic heterocycles. The molecule has 0 aromatic rings. The number of guanidine groups is 1. The number of nitrogens with two attached hydrogens (primary N) is 1. The summed E-state index contributed by atoms with van der Waals surface area (Å²) >= 11 is 0. The van der Waals surface area contributed by atoms with Crippen LogP contribution in [0.5, 0.6) is 0 Å². The lowest BCUT2D eigenvalue weighted by atomic mass is 10.2. The van der Waals surface area contributed by atoms with Crippen molar-refractivity contribution in [3.63, 3.8) is 0 Å². The van der Waals surface area contributed by atoms with Gasteiger partial charge in [-0.05, 0) is 0 Å². The average molecular weight is 354 g/mol. The largest absolute Gasteiger partial charge is 0.746 e. The number of hydrogen-bond acceptors (Lipinski definition) is 7. The van der Waals surface area contributed by atoms with Crippen LogP contribution in [-0.4, -0.2) is 79.8 Å². The third-order valence-electron chi connectivity index (χ3n) is 2.42. The van der Waals surface area contributed by atoms with Crippen LogP contribution in [0.15, 0.2) is 0 Å². The minimum Gasteiger partial charge on any atom is -0.746 e. The van der Waals surface area contributed by atoms with Gasteiger partial charge in [0.25, 0.3) is 0 Å². The van der Waals surface area contributed by atoms with E-state index in [9.17, 15) is 19.0 Å². The minimum atomic E-state index is -5.04. The molecule has 0 fully saturated rings. The quantitative estimate of drug-likeness (QED) is 0.191. The molecule has 134 valence electrons. The van der Waals surface area contributed by atoms with E-state index in [4.69, 9.17) is 20.8 Å². The van der Waals surface area contributed by atoms with Crippen LogP contribution in [0, 0.1) is 5.41 Å². The number of nitrogens with one attached hydrogen (secondary N) is 1. The molecule has 0 rings (SSSR count). The third-order valence-corrected chi connectivity index (χ3v) is 3.41. The Morgan fingerprint density at radius 1 is 1.43 bits per heavy atom. The van der Waals surface area contributed by atoms with E-state index >= 15 is 0 Å². The van der Waals surface area contributed by atoms with Crippen molar-refractivity contribution in [2.24, 2.45) is 5.73 Å². The maximum atomic E-state index is 11.7. The zero-order chi connectivity index (χ0) is 18.4. The molecule has 0 radical (unpaired) electrons. The van der Waals surface area contributed by atoms with E-state index in [2.05, 4.69) is 4.52 Å². The van der Waals surface area contributed by atoms with Gasteiger partial charge >= 0.3 is 19.8 Å². The summed E-state index contributed by atoms with van der Waals surface area (Å²) in [5, 5.41) is 15.9. The molecule has 1 unspecified atom stereocenters. The first-order valence-corrected chi connectivity index (χ1v) is 7.97. The van der Waals surface area contributed by atoms with Crippen LogP contribution < -0.4 is 10.6 Å². The van der Waals surface area contributed by atoms with Crippen LogP contribution in [0.2, 0.25) is 0 Å². The van der Waals surface area contributed by atoms with E-state index in [1.165, 1.54) is 7.05 Å². The number of phosphoric acid groups is 1. The highest BCUT2D eigenvalue weighted by atomic mass is 31.2. The number of hydrogen-bond donors (Lipinski definition) is 3. The van der Waals surface area contributed by atoms with Gasteiger partial charge in [-0.2, -0.15) is 0 Å². The Balaban J connectivity index is 4.82. The molecule has 0 saturated carbocycles. The summed E-state index contributed by atoms with van der Waals surface area (Å²) in [6.07, 6.45) is -1.75. The molecule has 0 aromatic carbocycles. The Morgan fingerprint density at radius 2 is 1.96 bits per heavy atom. The molecule has 12 heteroatoms. The van der Waals surface area contributed by atoms with Crippen molar-refractivity contribution in [2.45, 2.75) is 12.5 Å². The van der Waals surface area contributed by atoms with Crippen LogP contribution in [0.4, 0.5) is 0 Å². The van der Waals surface area contributed by atoms with Crippen molar-refractivity contribution in [1.82, 2.24) is 4.90 Å². The van der Waals surface area contributed by atoms with Crippen LogP contribution in [0.1, 0.15) is 6.42 Å². The van der Waals surface area contributed by atoms with E-state index in [-0.39, 0.29) is 11.0 Å². The Bertz CT molecular complexity index is 505. The Hall–Kier alpha value is -1.68. The van der Waals surface area contributed by atoms with Gasteiger partial charge in [0.2, 0.25) is 0 Å². The predicted octanol–water partition coefficient (Wildman–Crippen LogP) is -1.61. The fourth-order valence-electron chi connectivity index (χ4n) is 1.58. The molecule has 23 heavy (non-hydrogen) atoms. The number of nitrogens with zero attached hydrogens (tertiary/aromatic N) is 2. The number of carboxylic acid groups (broad SMARTS) is 1. The van der Waals surface area contributed by atoms with Crippen molar-refractivity contribution in [2.75, 3.05) is 41.3 Å². The molecule has 0 saturated heterocycles. The number of aliphatic carboxylic acids is 1. The summed E-state index contributed by atoms with van der Waals surface area (Å²) in [7, 11) is 1.42. The maximum Gasteiger partial charge on any atom is 0.331 e. The van der Waals surface area contributed by atoms with E-state index in [1.807, 2.05) is 0 Å². The highest BCUT2D eigenvalue weighted by molar-refractivity contribution is 7.46. The normalized spacial score (nSPS) is 15.3. The van der Waals surface area contributed by atoms with Gasteiger partial charge in [-0.3, -0.25) is 19.3 Å². The van der Waals surface area contributed by atoms with E-state index in [0.717, 1.165) is 4.90 Å². The second kappa shape index (κ2) is 8.25. The fraction of sp³-hybridized carbons (Fsp3) is 0.727. The first-order chi connectivity index (χ1) is 10.2. The number of quaternary nitrogens is 1. The van der Waals surface area contributed by atoms with Gasteiger partial charge in [0.05, 0.1) is 27.6 Å². The third kappa shape index (κ3) is 10.6. The fourth-order valence-corrected chi connectivity index (χ4v) is 2.43. The predicted molar refractivity (Wildman–Crippen MR) is 78.3 cm³/mol. The van der Waals surface area contributed by atoms with Crippen LogP contribution in [0.25, 0.3) is 0 Å². The van der Waals surface area contributed by atoms with Crippen molar-refractivity contribution in [3.8, 4) is 0 Å². The number of carbonyl (C=O) groups is 2. The number of carbonyl (C=O) groups excluding carboxylic acids is 1. The van der Waals surface area contributed by atoms with Crippen LogP contribution in [-0.2, 0) is 23.2 Å². The summed E-state index contributed by atoms with van der Waals surface area (Å²) in [5.41, 5.74) is 5.11. The van der Waals surface area contributed by atoms with Crippen molar-refractivity contribution in [1.29, 1.82) is 5.41 Å². The lowest BCUT2D eigenvalue weighted by Gasteiger charge is -2.32. The smallest absolute Gasteiger partial charge is 0.331 e. The molecule has 11 nitrogen and oxygen atoms in total. The second-order valence-corrected chi connectivity index (χ2v) is 7.24. The van der Waals surface area contributed by atoms with Gasteiger partial charge in [-0.25, -0.2) is 4.79 Å². The second-order valence-electron chi connectivity index (χ2n) is 5.95. The zero-order valence-electron chi connectivity index (χ0n) is 13.5. The Morgan fingerprint density at radius 3 is 2.35 bits per heavy atom. The molecule has 0 bridgehead atoms. The van der Waals surface area contributed by atoms with Crippen molar-refractivity contribution >= 4 is 25.7 Å². The first kappa shape index (κ1) is 21.3. The zero-order valence-corrected chi connectivity index (χ0v) is 14.4. The molecule has 0 spiro atoms. The molecule has 2 atom stereocenters. The molecule has 4 N–H and O–H groups in total. The van der Waals surface area contributed by atoms with Gasteiger partial charge in [0.15, 0.2) is 5.96 Å². The highest BCUT2D eigenvalue weighted by Gasteiger charge is 2.28. The Labute approximate surface area is 134 Å². The number of likely N-dealkylation sites (N-methyl/N-ethyl adjacent to an activating group) is 2. The highest BCUT2D eigenvalue weighted by Crippen LogP contribution is 2.40. The summed E-state index contributed by atoms with van der Waals surface area (Å²) in [5.74, 6) is -2.89. The molecule has 0 heterocycles. The van der Waals surface area contributed by atoms with Gasteiger partial charge in [-0.1, -0.05) is 0 Å². The van der Waals surface area contributed by atoms with E-state index in [1.54, 1.807) is 21.1 Å². The topological polar surface area (TPSA) is 166 Å². The lowest BCUT2D eigenvalue weighted by molar-refractivity contribution is -0.873. The van der Waals surface area contributed by atoms with Crippen molar-refractivity contribution < 1.29 is 37.7 Å². The molecule has 0 aliphatic rings. The standard InChI is InChI=1S/C11H23N4O7P/c1-14(11(12)13)6-10(18)22-23(19,20)21-8(5-9(16)17)7-15(2,3)4/h8H,5-7H2,1-4H3,(H4-,12,13,16,17,19,20)/t8-/m1/s1. The van der Waals surface area contributed by atoms with E-state index < -0.39 is 44.8 Å². The first-order valence-electron chi connectivity index (χ1n) is 6.51. The van der Waals surface area contributed by atoms with E-state index in [0.29, 0.717) is 0 Å². The van der Waals surface area contributed by atoms with Gasteiger partial charge in [-0.15, -0.1) is 0 Å². The van der Waals surface area contributed by atoms with Gasteiger partial charge < -0.3 is 29.6 Å². The van der Waals surface area contributed by atoms with Crippen LogP contribution in [0.3, 0.4) is 0 Å². The number of carboxylic acids is 1. The van der Waals surface area contributed by atoms with Gasteiger partial charge in [0, 0.05) is 7.05 Å². The summed E-state index contributed by atoms with van der Waals surface area (Å²) in [6.45, 7) is -0.493. The van der Waals surface area contributed by atoms with Crippen molar-refractivity contribution in [3.05, 3.63) is 0 Å². The molecule has 0 amide bonds. The molecule has 0 aliphatic carbocycles. The summed E-state index contributed by atoms with van der Waals surface area (Å²) in [4.78, 5) is 35.0. The Kier molecular flexibility index (Phi) is 7.65. The number of phosphoric ester groups is 1. The van der Waals surface area contributed by atoms with Gasteiger partial charge in [0.1, 0.15) is 19.2 Å². The SMILES string of the molecule is CN(CC(=O)OP(=O)([O-])O[C@H](CC(=O)O)C[N+](C)(C)C)C(=N)N. The summed E-state index contributed by atoms with van der Waals surface area (Å²) in [6, 6.07) is 0. The molecular weight excluding hydrogens is 331 g/mol. The lowest BCUT2D eigenvalue weighted by Crippen LogP contribution is -2.43.